The molecule has 1 N–H and O–H groups in total. The van der Waals surface area contributed by atoms with Gasteiger partial charge in [-0.1, -0.05) is 12.1 Å². The van der Waals surface area contributed by atoms with Gasteiger partial charge in [-0.05, 0) is 43.3 Å². The van der Waals surface area contributed by atoms with Crippen LogP contribution in [-0.2, 0) is 11.3 Å². The summed E-state index contributed by atoms with van der Waals surface area (Å²) in [5.41, 5.74) is 1.64. The van der Waals surface area contributed by atoms with Gasteiger partial charge in [0.1, 0.15) is 12.4 Å². The Kier molecular flexibility index (Phi) is 9.89. The number of methoxy groups -OCH3 is 3. The molecule has 0 spiro atoms. The maximum atomic E-state index is 13.3. The fraction of sp³-hybridized carbons (Fsp3) is 0.517. The van der Waals surface area contributed by atoms with Crippen LogP contribution in [0.15, 0.2) is 36.4 Å². The van der Waals surface area contributed by atoms with Crippen molar-refractivity contribution in [1.29, 1.82) is 0 Å². The highest BCUT2D eigenvalue weighted by Crippen LogP contribution is 2.40. The molecule has 2 amide bonds. The topological polar surface area (TPSA) is 92.8 Å². The van der Waals surface area contributed by atoms with Crippen LogP contribution in [0.5, 0.6) is 23.0 Å². The third kappa shape index (κ3) is 7.33. The SMILES string of the molecule is COc1ccc(C(=O)N2CCN(CCOc3cccc(CN(C)C[C@H]4CCC(=O)N4)c3)CC2)c(OC)c1OC. The second kappa shape index (κ2) is 13.5. The smallest absolute Gasteiger partial charge is 0.257 e. The number of likely N-dealkylation sites (N-methyl/N-ethyl adjacent to an activating group) is 1. The Morgan fingerprint density at radius 1 is 1.03 bits per heavy atom. The van der Waals surface area contributed by atoms with Gasteiger partial charge in [0.15, 0.2) is 11.5 Å². The highest BCUT2D eigenvalue weighted by atomic mass is 16.5. The van der Waals surface area contributed by atoms with Gasteiger partial charge in [-0.2, -0.15) is 0 Å². The summed E-state index contributed by atoms with van der Waals surface area (Å²) in [5, 5.41) is 3.03. The third-order valence-corrected chi connectivity index (χ3v) is 7.24. The lowest BCUT2D eigenvalue weighted by Crippen LogP contribution is -2.49. The number of nitrogens with zero attached hydrogens (tertiary/aromatic N) is 3. The van der Waals surface area contributed by atoms with Gasteiger partial charge in [0, 0.05) is 58.3 Å². The highest BCUT2D eigenvalue weighted by Gasteiger charge is 2.27. The molecule has 0 bridgehead atoms. The van der Waals surface area contributed by atoms with Crippen molar-refractivity contribution < 1.29 is 28.5 Å². The van der Waals surface area contributed by atoms with E-state index in [9.17, 15) is 9.59 Å². The molecule has 2 fully saturated rings. The van der Waals surface area contributed by atoms with E-state index in [1.165, 1.54) is 19.8 Å². The van der Waals surface area contributed by atoms with Crippen LogP contribution < -0.4 is 24.3 Å². The van der Waals surface area contributed by atoms with Crippen molar-refractivity contribution in [2.45, 2.75) is 25.4 Å². The summed E-state index contributed by atoms with van der Waals surface area (Å²) in [6.07, 6.45) is 1.53. The Labute approximate surface area is 230 Å². The van der Waals surface area contributed by atoms with E-state index < -0.39 is 0 Å². The van der Waals surface area contributed by atoms with E-state index in [4.69, 9.17) is 18.9 Å². The monoisotopic (exact) mass is 540 g/mol. The van der Waals surface area contributed by atoms with Gasteiger partial charge in [-0.3, -0.25) is 14.5 Å². The molecule has 10 heteroatoms. The first kappa shape index (κ1) is 28.5. The minimum atomic E-state index is -0.0826. The lowest BCUT2D eigenvalue weighted by Gasteiger charge is -2.35. The number of rotatable bonds is 12. The summed E-state index contributed by atoms with van der Waals surface area (Å²) in [6.45, 7) is 5.78. The minimum absolute atomic E-state index is 0.0826. The molecule has 0 aromatic heterocycles. The van der Waals surface area contributed by atoms with Gasteiger partial charge in [0.25, 0.3) is 5.91 Å². The molecule has 39 heavy (non-hydrogen) atoms. The molecule has 2 saturated heterocycles. The Hall–Kier alpha value is -3.50. The molecule has 2 heterocycles. The number of hydrogen-bond acceptors (Lipinski definition) is 8. The van der Waals surface area contributed by atoms with Gasteiger partial charge in [0.2, 0.25) is 11.7 Å². The quantitative estimate of drug-likeness (QED) is 0.438. The number of carbonyl (C=O) groups excluding carboxylic acids is 2. The summed E-state index contributed by atoms with van der Waals surface area (Å²) >= 11 is 0. The molecule has 1 atom stereocenters. The summed E-state index contributed by atoms with van der Waals surface area (Å²) in [7, 11) is 6.68. The fourth-order valence-electron chi connectivity index (χ4n) is 5.21. The standard InChI is InChI=1S/C29H40N4O6/c1-31(20-22-8-11-26(34)30-22)19-21-6-5-7-23(18-21)39-17-16-32-12-14-33(15-13-32)29(35)24-9-10-25(36-2)28(38-4)27(24)37-3/h5-7,9-10,18,22H,8,11-17,19-20H2,1-4H3,(H,30,34)/t22-/m1/s1. The summed E-state index contributed by atoms with van der Waals surface area (Å²) in [5.74, 6) is 2.24. The molecule has 0 radical (unpaired) electrons. The van der Waals surface area contributed by atoms with Crippen molar-refractivity contribution in [3.05, 3.63) is 47.5 Å². The predicted molar refractivity (Wildman–Crippen MR) is 148 cm³/mol. The van der Waals surface area contributed by atoms with E-state index in [1.807, 2.05) is 17.0 Å². The number of benzene rings is 2. The second-order valence-corrected chi connectivity index (χ2v) is 10.0. The van der Waals surface area contributed by atoms with Gasteiger partial charge in [-0.25, -0.2) is 0 Å². The highest BCUT2D eigenvalue weighted by molar-refractivity contribution is 5.98. The normalized spacial score (nSPS) is 17.7. The first-order valence-electron chi connectivity index (χ1n) is 13.4. The fourth-order valence-corrected chi connectivity index (χ4v) is 5.21. The van der Waals surface area contributed by atoms with E-state index in [2.05, 4.69) is 34.3 Å². The minimum Gasteiger partial charge on any atom is -0.493 e. The molecule has 2 aliphatic heterocycles. The van der Waals surface area contributed by atoms with Gasteiger partial charge < -0.3 is 34.1 Å². The van der Waals surface area contributed by atoms with Crippen LogP contribution in [0.2, 0.25) is 0 Å². The molecule has 2 aromatic rings. The summed E-state index contributed by atoms with van der Waals surface area (Å²) in [6, 6.07) is 11.9. The molecule has 0 aliphatic carbocycles. The van der Waals surface area contributed by atoms with E-state index in [1.54, 1.807) is 19.2 Å². The van der Waals surface area contributed by atoms with Crippen LogP contribution in [0.4, 0.5) is 0 Å². The Balaban J connectivity index is 1.22. The van der Waals surface area contributed by atoms with E-state index in [0.717, 1.165) is 44.9 Å². The maximum Gasteiger partial charge on any atom is 0.257 e. The Morgan fingerprint density at radius 3 is 2.46 bits per heavy atom. The molecule has 0 saturated carbocycles. The maximum absolute atomic E-state index is 13.3. The zero-order chi connectivity index (χ0) is 27.8. The largest absolute Gasteiger partial charge is 0.493 e. The lowest BCUT2D eigenvalue weighted by atomic mass is 10.1. The average molecular weight is 541 g/mol. The number of amides is 2. The summed E-state index contributed by atoms with van der Waals surface area (Å²) in [4.78, 5) is 31.1. The molecule has 212 valence electrons. The third-order valence-electron chi connectivity index (χ3n) is 7.24. The van der Waals surface area contributed by atoms with Crippen LogP contribution in [-0.4, -0.2) is 107 Å². The summed E-state index contributed by atoms with van der Waals surface area (Å²) < 4.78 is 22.3. The predicted octanol–water partition coefficient (Wildman–Crippen LogP) is 2.26. The van der Waals surface area contributed by atoms with Crippen molar-refractivity contribution in [2.75, 3.05) is 74.3 Å². The molecule has 4 rings (SSSR count). The number of hydrogen-bond donors (Lipinski definition) is 1. The number of nitrogens with one attached hydrogen (secondary N) is 1. The zero-order valence-corrected chi connectivity index (χ0v) is 23.4. The molecule has 0 unspecified atom stereocenters. The van der Waals surface area contributed by atoms with Crippen molar-refractivity contribution in [1.82, 2.24) is 20.0 Å². The van der Waals surface area contributed by atoms with Crippen LogP contribution in [0.1, 0.15) is 28.8 Å². The Morgan fingerprint density at radius 2 is 1.79 bits per heavy atom. The molecule has 2 aromatic carbocycles. The number of carbonyl (C=O) groups is 2. The van der Waals surface area contributed by atoms with Gasteiger partial charge in [-0.15, -0.1) is 0 Å². The first-order chi connectivity index (χ1) is 18.9. The Bertz CT molecular complexity index is 1130. The van der Waals surface area contributed by atoms with Crippen molar-refractivity contribution in [3.8, 4) is 23.0 Å². The molecular formula is C29H40N4O6. The van der Waals surface area contributed by atoms with E-state index in [0.29, 0.717) is 48.9 Å². The number of piperazine rings is 1. The van der Waals surface area contributed by atoms with E-state index in [-0.39, 0.29) is 17.9 Å². The van der Waals surface area contributed by atoms with Crippen LogP contribution in [0.25, 0.3) is 0 Å². The van der Waals surface area contributed by atoms with Crippen LogP contribution >= 0.6 is 0 Å². The number of ether oxygens (including phenoxy) is 4. The zero-order valence-electron chi connectivity index (χ0n) is 23.4. The van der Waals surface area contributed by atoms with Crippen LogP contribution in [0.3, 0.4) is 0 Å². The van der Waals surface area contributed by atoms with E-state index >= 15 is 0 Å². The first-order valence-corrected chi connectivity index (χ1v) is 13.4. The lowest BCUT2D eigenvalue weighted by molar-refractivity contribution is -0.119. The average Bonchev–Trinajstić information content (AvgIpc) is 3.36. The molecular weight excluding hydrogens is 500 g/mol. The second-order valence-electron chi connectivity index (χ2n) is 10.0. The van der Waals surface area contributed by atoms with Crippen molar-refractivity contribution in [2.24, 2.45) is 0 Å². The molecule has 2 aliphatic rings. The molecule has 10 nitrogen and oxygen atoms in total. The van der Waals surface area contributed by atoms with Crippen LogP contribution in [0, 0.1) is 0 Å². The van der Waals surface area contributed by atoms with Crippen molar-refractivity contribution >= 4 is 11.8 Å². The van der Waals surface area contributed by atoms with Crippen molar-refractivity contribution in [3.63, 3.8) is 0 Å². The van der Waals surface area contributed by atoms with Gasteiger partial charge in [0.05, 0.1) is 26.9 Å². The van der Waals surface area contributed by atoms with Gasteiger partial charge >= 0.3 is 0 Å².